The maximum Gasteiger partial charge on any atom is 0.570 e. The SMILES string of the molecule is NCc1ccc(C(=O)Cc2nccc3c2ncn3[C@H]2C[C@H](O[P+](O)(O)OCCCS)[C@@H](CO)O2)cc1. The fraction of sp³-hybridized carbons (Fsp3) is 0.435. The molecule has 3 aromatic rings. The average Bonchev–Trinajstić information content (AvgIpc) is 3.48. The number of benzene rings is 1. The van der Waals surface area contributed by atoms with Crippen molar-refractivity contribution in [3.63, 3.8) is 0 Å². The van der Waals surface area contributed by atoms with Gasteiger partial charge in [0.05, 0.1) is 30.6 Å². The third-order valence-corrected chi connectivity index (χ3v) is 7.29. The Morgan fingerprint density at radius 1 is 1.25 bits per heavy atom. The molecule has 0 unspecified atom stereocenters. The highest BCUT2D eigenvalue weighted by Crippen LogP contribution is 2.55. The van der Waals surface area contributed by atoms with Crippen molar-refractivity contribution >= 4 is 37.6 Å². The van der Waals surface area contributed by atoms with E-state index in [4.69, 9.17) is 19.5 Å². The molecular formula is C23H30N4O7PS+. The number of thiol groups is 1. The molecule has 3 atom stereocenters. The van der Waals surface area contributed by atoms with Gasteiger partial charge in [-0.3, -0.25) is 9.78 Å². The van der Waals surface area contributed by atoms with Gasteiger partial charge >= 0.3 is 8.17 Å². The Hall–Kier alpha value is -1.99. The number of rotatable bonds is 12. The molecule has 0 aliphatic carbocycles. The average molecular weight is 538 g/mol. The van der Waals surface area contributed by atoms with E-state index in [-0.39, 0.29) is 31.8 Å². The molecular weight excluding hydrogens is 507 g/mol. The van der Waals surface area contributed by atoms with Gasteiger partial charge in [-0.05, 0) is 23.8 Å². The zero-order chi connectivity index (χ0) is 25.7. The van der Waals surface area contributed by atoms with Gasteiger partial charge in [-0.2, -0.15) is 26.9 Å². The molecule has 13 heteroatoms. The maximum atomic E-state index is 12.8. The number of pyridine rings is 1. The van der Waals surface area contributed by atoms with E-state index in [1.165, 1.54) is 0 Å². The van der Waals surface area contributed by atoms with Crippen LogP contribution in [-0.2, 0) is 26.7 Å². The quantitative estimate of drug-likeness (QED) is 0.0999. The highest BCUT2D eigenvalue weighted by Gasteiger charge is 2.49. The number of imidazole rings is 1. The molecule has 1 aliphatic heterocycles. The van der Waals surface area contributed by atoms with Crippen molar-refractivity contribution in [1.29, 1.82) is 0 Å². The van der Waals surface area contributed by atoms with Crippen LogP contribution in [0, 0.1) is 0 Å². The second kappa shape index (κ2) is 12.0. The van der Waals surface area contributed by atoms with E-state index in [0.717, 1.165) is 5.56 Å². The minimum atomic E-state index is -4.09. The van der Waals surface area contributed by atoms with Crippen molar-refractivity contribution < 1.29 is 33.5 Å². The molecule has 3 heterocycles. The number of aliphatic hydroxyl groups is 1. The lowest BCUT2D eigenvalue weighted by Gasteiger charge is -2.16. The molecule has 194 valence electrons. The van der Waals surface area contributed by atoms with Crippen LogP contribution in [0.3, 0.4) is 0 Å². The highest BCUT2D eigenvalue weighted by atomic mass is 32.1. The van der Waals surface area contributed by atoms with Crippen LogP contribution in [-0.4, -0.2) is 66.4 Å². The van der Waals surface area contributed by atoms with Crippen molar-refractivity contribution in [2.75, 3.05) is 19.0 Å². The monoisotopic (exact) mass is 537 g/mol. The minimum Gasteiger partial charge on any atom is -0.394 e. The number of fused-ring (bicyclic) bond motifs is 1. The Morgan fingerprint density at radius 3 is 2.72 bits per heavy atom. The Morgan fingerprint density at radius 2 is 2.03 bits per heavy atom. The number of Topliss-reactive ketones (excluding diaryl/α,β-unsaturated/α-hetero) is 1. The lowest BCUT2D eigenvalue weighted by atomic mass is 10.0. The number of carbonyl (C=O) groups is 1. The lowest BCUT2D eigenvalue weighted by molar-refractivity contribution is -0.0464. The van der Waals surface area contributed by atoms with Crippen LogP contribution >= 0.6 is 20.8 Å². The molecule has 0 saturated carbocycles. The van der Waals surface area contributed by atoms with Crippen LogP contribution in [0.5, 0.6) is 0 Å². The maximum absolute atomic E-state index is 12.8. The van der Waals surface area contributed by atoms with Crippen molar-refractivity contribution in [1.82, 2.24) is 14.5 Å². The number of ether oxygens (including phenoxy) is 1. The highest BCUT2D eigenvalue weighted by molar-refractivity contribution is 7.80. The fourth-order valence-electron chi connectivity index (χ4n) is 4.06. The first-order chi connectivity index (χ1) is 17.3. The van der Waals surface area contributed by atoms with Gasteiger partial charge in [0, 0.05) is 24.7 Å². The van der Waals surface area contributed by atoms with Gasteiger partial charge in [-0.25, -0.2) is 4.98 Å². The van der Waals surface area contributed by atoms with Crippen LogP contribution in [0.15, 0.2) is 42.9 Å². The van der Waals surface area contributed by atoms with Gasteiger partial charge in [0.2, 0.25) is 0 Å². The van der Waals surface area contributed by atoms with Gasteiger partial charge in [0.1, 0.15) is 30.6 Å². The number of aliphatic hydroxyl groups excluding tert-OH is 1. The summed E-state index contributed by atoms with van der Waals surface area (Å²) in [5, 5.41) is 9.77. The summed E-state index contributed by atoms with van der Waals surface area (Å²) in [6, 6.07) is 8.90. The van der Waals surface area contributed by atoms with Gasteiger partial charge in [-0.1, -0.05) is 24.3 Å². The topological polar surface area (TPSA) is 162 Å². The van der Waals surface area contributed by atoms with E-state index >= 15 is 0 Å². The largest absolute Gasteiger partial charge is 0.570 e. The Labute approximate surface area is 214 Å². The zero-order valence-corrected chi connectivity index (χ0v) is 21.3. The van der Waals surface area contributed by atoms with Crippen LogP contribution in [0.25, 0.3) is 11.0 Å². The summed E-state index contributed by atoms with van der Waals surface area (Å²) in [7, 11) is -4.09. The van der Waals surface area contributed by atoms with E-state index in [9.17, 15) is 19.7 Å². The number of nitrogens with two attached hydrogens (primary N) is 1. The van der Waals surface area contributed by atoms with Crippen molar-refractivity contribution in [2.45, 2.75) is 44.2 Å². The van der Waals surface area contributed by atoms with E-state index in [2.05, 4.69) is 22.6 Å². The van der Waals surface area contributed by atoms with Crippen molar-refractivity contribution in [3.05, 3.63) is 59.7 Å². The van der Waals surface area contributed by atoms with Gasteiger partial charge < -0.3 is 20.1 Å². The molecule has 0 radical (unpaired) electrons. The van der Waals surface area contributed by atoms with Gasteiger partial charge in [0.25, 0.3) is 0 Å². The molecule has 0 bridgehead atoms. The third kappa shape index (κ3) is 6.28. The van der Waals surface area contributed by atoms with E-state index < -0.39 is 26.6 Å². The smallest absolute Gasteiger partial charge is 0.394 e. The summed E-state index contributed by atoms with van der Waals surface area (Å²) in [5.41, 5.74) is 8.90. The van der Waals surface area contributed by atoms with E-state index in [1.807, 2.05) is 12.1 Å². The minimum absolute atomic E-state index is 0.0680. The molecule has 36 heavy (non-hydrogen) atoms. The Balaban J connectivity index is 1.49. The van der Waals surface area contributed by atoms with Crippen LogP contribution < -0.4 is 5.73 Å². The molecule has 1 aliphatic rings. The third-order valence-electron chi connectivity index (χ3n) is 5.91. The first-order valence-corrected chi connectivity index (χ1v) is 13.7. The number of hydrogen-bond donors (Lipinski definition) is 5. The predicted octanol–water partition coefficient (Wildman–Crippen LogP) is 1.98. The molecule has 11 nitrogen and oxygen atoms in total. The van der Waals surface area contributed by atoms with E-state index in [1.54, 1.807) is 35.3 Å². The Kier molecular flexibility index (Phi) is 9.05. The summed E-state index contributed by atoms with van der Waals surface area (Å²) in [6.45, 7) is 0.110. The van der Waals surface area contributed by atoms with Crippen molar-refractivity contribution in [3.8, 4) is 0 Å². The van der Waals surface area contributed by atoms with Gasteiger partial charge in [0.15, 0.2) is 5.78 Å². The first-order valence-electron chi connectivity index (χ1n) is 11.5. The number of ketones is 1. The van der Waals surface area contributed by atoms with Gasteiger partial charge in [-0.15, -0.1) is 4.52 Å². The summed E-state index contributed by atoms with van der Waals surface area (Å²) in [6.07, 6.45) is 1.79. The van der Waals surface area contributed by atoms with Crippen LogP contribution in [0.2, 0.25) is 0 Å². The standard InChI is InChI=1S/C23H29N4O7PS/c24-12-15-2-4-16(5-3-15)19(29)10-17-23-18(6-7-25-17)27(14-26-23)22-11-20(21(13-28)33-22)34-35(30,31)32-8-1-9-36/h2-7,14,20-22,28,30-31H,1,8-13,24H2/p+1/t20-,21+,22+/m0/s1. The molecule has 5 N–H and O–H groups in total. The van der Waals surface area contributed by atoms with E-state index in [0.29, 0.717) is 41.0 Å². The number of hydrogen-bond acceptors (Lipinski definition) is 11. The zero-order valence-electron chi connectivity index (χ0n) is 19.5. The second-order valence-electron chi connectivity index (χ2n) is 8.37. The first kappa shape index (κ1) is 27.1. The predicted molar refractivity (Wildman–Crippen MR) is 136 cm³/mol. The molecule has 0 amide bonds. The molecule has 1 aromatic carbocycles. The molecule has 1 fully saturated rings. The fourth-order valence-corrected chi connectivity index (χ4v) is 5.19. The van der Waals surface area contributed by atoms with Crippen LogP contribution in [0.1, 0.15) is 40.7 Å². The summed E-state index contributed by atoms with van der Waals surface area (Å²) < 4.78 is 18.2. The number of nitrogens with zero attached hydrogens (tertiary/aromatic N) is 3. The number of carbonyl (C=O) groups excluding carboxylic acids is 1. The Bertz CT molecular complexity index is 1180. The molecule has 0 spiro atoms. The summed E-state index contributed by atoms with van der Waals surface area (Å²) >= 11 is 4.06. The molecule has 4 rings (SSSR count). The van der Waals surface area contributed by atoms with Crippen molar-refractivity contribution in [2.24, 2.45) is 5.73 Å². The normalized spacial score (nSPS) is 20.3. The lowest BCUT2D eigenvalue weighted by Crippen LogP contribution is -2.28. The van der Waals surface area contributed by atoms with Crippen LogP contribution in [0.4, 0.5) is 0 Å². The molecule has 2 aromatic heterocycles. The number of aromatic nitrogens is 3. The summed E-state index contributed by atoms with van der Waals surface area (Å²) in [4.78, 5) is 42.0. The second-order valence-corrected chi connectivity index (χ2v) is 10.3. The summed E-state index contributed by atoms with van der Waals surface area (Å²) in [5.74, 6) is 0.438. The molecule has 1 saturated heterocycles.